The van der Waals surface area contributed by atoms with Gasteiger partial charge in [-0.25, -0.2) is 0 Å². The van der Waals surface area contributed by atoms with Crippen LogP contribution < -0.4 is 9.47 Å². The smallest absolute Gasteiger partial charge is 0.489 e. The van der Waals surface area contributed by atoms with E-state index in [9.17, 15) is 13.2 Å². The van der Waals surface area contributed by atoms with Gasteiger partial charge in [-0.2, -0.15) is 0 Å². The average Bonchev–Trinajstić information content (AvgIpc) is 2.93. The van der Waals surface area contributed by atoms with Crippen LogP contribution in [0.25, 0.3) is 0 Å². The molecule has 0 amide bonds. The molecule has 2 aliphatic rings. The molecule has 0 unspecified atom stereocenters. The number of halogens is 3. The average molecular weight is 328 g/mol. The van der Waals surface area contributed by atoms with Crippen molar-refractivity contribution >= 4 is 0 Å². The number of hydrogen-bond acceptors (Lipinski definition) is 2. The number of alkyl halides is 3. The van der Waals surface area contributed by atoms with Crippen LogP contribution in [0.4, 0.5) is 13.2 Å². The molecule has 0 radical (unpaired) electrons. The lowest BCUT2D eigenvalue weighted by molar-refractivity contribution is -0.275. The molecule has 0 spiro atoms. The Kier molecular flexibility index (Phi) is 4.74. The zero-order valence-electron chi connectivity index (χ0n) is 13.4. The van der Waals surface area contributed by atoms with Gasteiger partial charge in [-0.1, -0.05) is 25.3 Å². The first kappa shape index (κ1) is 16.5. The Balaban J connectivity index is 1.85. The zero-order chi connectivity index (χ0) is 16.4. The quantitative estimate of drug-likeness (QED) is 0.687. The third-order valence-corrected chi connectivity index (χ3v) is 5.12. The summed E-state index contributed by atoms with van der Waals surface area (Å²) in [4.78, 5) is 0. The van der Waals surface area contributed by atoms with Crippen LogP contribution in [-0.2, 0) is 0 Å². The van der Waals surface area contributed by atoms with Crippen LogP contribution in [0.3, 0.4) is 0 Å². The molecule has 0 aliphatic heterocycles. The predicted molar refractivity (Wildman–Crippen MR) is 81.9 cm³/mol. The molecule has 23 heavy (non-hydrogen) atoms. The molecule has 0 saturated heterocycles. The first-order valence-corrected chi connectivity index (χ1v) is 8.46. The highest BCUT2D eigenvalue weighted by Gasteiger charge is 2.34. The van der Waals surface area contributed by atoms with Crippen LogP contribution in [0.15, 0.2) is 12.1 Å². The molecule has 0 aromatic heterocycles. The molecule has 0 atom stereocenters. The third-order valence-electron chi connectivity index (χ3n) is 5.12. The van der Waals surface area contributed by atoms with Gasteiger partial charge in [0.15, 0.2) is 11.5 Å². The first-order valence-electron chi connectivity index (χ1n) is 8.46. The third kappa shape index (κ3) is 3.93. The lowest BCUT2D eigenvalue weighted by atomic mass is 9.86. The summed E-state index contributed by atoms with van der Waals surface area (Å²) in [5.74, 6) is 0.865. The highest BCUT2D eigenvalue weighted by Crippen LogP contribution is 2.43. The fourth-order valence-electron chi connectivity index (χ4n) is 3.58. The van der Waals surface area contributed by atoms with Crippen molar-refractivity contribution in [3.05, 3.63) is 23.3 Å². The van der Waals surface area contributed by atoms with Crippen molar-refractivity contribution in [2.75, 3.05) is 6.61 Å². The van der Waals surface area contributed by atoms with Crippen molar-refractivity contribution in [3.63, 3.8) is 0 Å². The Morgan fingerprint density at radius 2 is 1.74 bits per heavy atom. The van der Waals surface area contributed by atoms with Crippen LogP contribution in [0.2, 0.25) is 0 Å². The fraction of sp³-hybridized carbons (Fsp3) is 0.667. The van der Waals surface area contributed by atoms with E-state index in [2.05, 4.69) is 4.74 Å². The van der Waals surface area contributed by atoms with Crippen LogP contribution in [0.1, 0.15) is 62.0 Å². The largest absolute Gasteiger partial charge is 0.573 e. The number of hydrogen-bond donors (Lipinski definition) is 0. The van der Waals surface area contributed by atoms with E-state index in [1.165, 1.54) is 6.42 Å². The zero-order valence-corrected chi connectivity index (χ0v) is 13.4. The molecule has 1 aromatic carbocycles. The molecule has 0 N–H and O–H groups in total. The minimum Gasteiger partial charge on any atom is -0.489 e. The van der Waals surface area contributed by atoms with Gasteiger partial charge in [-0.15, -0.1) is 13.2 Å². The summed E-state index contributed by atoms with van der Waals surface area (Å²) in [7, 11) is 0. The number of rotatable bonds is 5. The maximum Gasteiger partial charge on any atom is 0.573 e. The van der Waals surface area contributed by atoms with Gasteiger partial charge in [0.05, 0.1) is 6.61 Å². The molecular weight excluding hydrogens is 305 g/mol. The van der Waals surface area contributed by atoms with E-state index in [1.807, 2.05) is 6.07 Å². The molecule has 0 bridgehead atoms. The number of benzene rings is 1. The van der Waals surface area contributed by atoms with E-state index >= 15 is 0 Å². The molecular formula is C18H23F3O2. The highest BCUT2D eigenvalue weighted by atomic mass is 19.4. The van der Waals surface area contributed by atoms with E-state index in [4.69, 9.17) is 4.74 Å². The van der Waals surface area contributed by atoms with Crippen molar-refractivity contribution in [1.82, 2.24) is 0 Å². The van der Waals surface area contributed by atoms with Gasteiger partial charge in [0.25, 0.3) is 0 Å². The second kappa shape index (κ2) is 6.62. The van der Waals surface area contributed by atoms with Crippen LogP contribution in [-0.4, -0.2) is 13.0 Å². The monoisotopic (exact) mass is 328 g/mol. The summed E-state index contributed by atoms with van der Waals surface area (Å²) in [5, 5.41) is 0. The summed E-state index contributed by atoms with van der Waals surface area (Å²) < 4.78 is 48.4. The second-order valence-electron chi connectivity index (χ2n) is 6.74. The van der Waals surface area contributed by atoms with Gasteiger partial charge in [0.2, 0.25) is 0 Å². The molecule has 1 aromatic rings. The molecule has 0 heterocycles. The molecule has 3 rings (SSSR count). The van der Waals surface area contributed by atoms with E-state index in [0.29, 0.717) is 24.0 Å². The van der Waals surface area contributed by atoms with Gasteiger partial charge < -0.3 is 9.47 Å². The fourth-order valence-corrected chi connectivity index (χ4v) is 3.58. The van der Waals surface area contributed by atoms with Crippen LogP contribution >= 0.6 is 0 Å². The van der Waals surface area contributed by atoms with Crippen molar-refractivity contribution in [2.24, 2.45) is 5.92 Å². The normalized spacial score (nSPS) is 19.7. The lowest BCUT2D eigenvalue weighted by Gasteiger charge is -2.26. The van der Waals surface area contributed by atoms with Gasteiger partial charge >= 0.3 is 6.36 Å². The molecule has 2 fully saturated rings. The van der Waals surface area contributed by atoms with Crippen molar-refractivity contribution in [1.29, 1.82) is 0 Å². The summed E-state index contributed by atoms with van der Waals surface area (Å²) in [6.45, 7) is 2.18. The topological polar surface area (TPSA) is 18.5 Å². The van der Waals surface area contributed by atoms with Gasteiger partial charge in [-0.05, 0) is 61.6 Å². The summed E-state index contributed by atoms with van der Waals surface area (Å²) in [6.07, 6.45) is 3.01. The SMILES string of the molecule is Cc1c(C2CCCC2)ccc(OCC2CCC2)c1OC(F)(F)F. The summed E-state index contributed by atoms with van der Waals surface area (Å²) in [5.41, 5.74) is 1.54. The van der Waals surface area contributed by atoms with E-state index < -0.39 is 6.36 Å². The van der Waals surface area contributed by atoms with Crippen LogP contribution in [0.5, 0.6) is 11.5 Å². The van der Waals surface area contributed by atoms with Crippen molar-refractivity contribution < 1.29 is 22.6 Å². The first-order chi connectivity index (χ1) is 10.9. The predicted octanol–water partition coefficient (Wildman–Crippen LogP) is 5.73. The maximum absolute atomic E-state index is 12.8. The minimum atomic E-state index is -4.70. The molecule has 5 heteroatoms. The van der Waals surface area contributed by atoms with Crippen LogP contribution in [0, 0.1) is 12.8 Å². The highest BCUT2D eigenvalue weighted by molar-refractivity contribution is 5.51. The molecule has 2 saturated carbocycles. The summed E-state index contributed by atoms with van der Waals surface area (Å²) in [6, 6.07) is 3.57. The second-order valence-corrected chi connectivity index (χ2v) is 6.74. The van der Waals surface area contributed by atoms with E-state index in [0.717, 1.165) is 44.1 Å². The number of ether oxygens (including phenoxy) is 2. The maximum atomic E-state index is 12.8. The minimum absolute atomic E-state index is 0.152. The summed E-state index contributed by atoms with van der Waals surface area (Å²) >= 11 is 0. The van der Waals surface area contributed by atoms with E-state index in [1.54, 1.807) is 13.0 Å². The molecule has 2 nitrogen and oxygen atoms in total. The Morgan fingerprint density at radius 3 is 2.30 bits per heavy atom. The van der Waals surface area contributed by atoms with Crippen molar-refractivity contribution in [2.45, 2.75) is 64.1 Å². The van der Waals surface area contributed by atoms with Gasteiger partial charge in [0, 0.05) is 0 Å². The Hall–Kier alpha value is -1.39. The molecule has 2 aliphatic carbocycles. The Morgan fingerprint density at radius 1 is 1.04 bits per heavy atom. The Labute approximate surface area is 135 Å². The Bertz CT molecular complexity index is 544. The lowest BCUT2D eigenvalue weighted by Crippen LogP contribution is -2.22. The van der Waals surface area contributed by atoms with Gasteiger partial charge in [-0.3, -0.25) is 0 Å². The van der Waals surface area contributed by atoms with Crippen molar-refractivity contribution in [3.8, 4) is 11.5 Å². The standard InChI is InChI=1S/C18H23F3O2/c1-12-15(14-7-2-3-8-14)9-10-16(17(12)23-18(19,20)21)22-11-13-5-4-6-13/h9-10,13-14H,2-8,11H2,1H3. The van der Waals surface area contributed by atoms with Gasteiger partial charge in [0.1, 0.15) is 0 Å². The molecule has 128 valence electrons. The van der Waals surface area contributed by atoms with E-state index in [-0.39, 0.29) is 11.5 Å².